The second-order valence-electron chi connectivity index (χ2n) is 12.5. The first-order valence-electron chi connectivity index (χ1n) is 15.5. The van der Waals surface area contributed by atoms with Gasteiger partial charge < -0.3 is 19.5 Å². The molecular weight excluding hydrogens is 602 g/mol. The lowest BCUT2D eigenvalue weighted by atomic mass is 9.94. The maximum absolute atomic E-state index is 17.0. The number of rotatable bonds is 6. The number of anilines is 1. The first kappa shape index (κ1) is 30.3. The zero-order valence-electron chi connectivity index (χ0n) is 25.1. The maximum Gasteiger partial charge on any atom is 0.319 e. The van der Waals surface area contributed by atoms with Gasteiger partial charge in [-0.15, -0.1) is 6.42 Å². The fraction of sp³-hybridized carbons (Fsp3) is 0.441. The molecule has 4 atom stereocenters. The molecule has 5 heterocycles. The second-order valence-corrected chi connectivity index (χ2v) is 12.5. The van der Waals surface area contributed by atoms with Gasteiger partial charge >= 0.3 is 6.01 Å². The first-order chi connectivity index (χ1) is 22.2. The Morgan fingerprint density at radius 3 is 2.70 bits per heavy atom. The van der Waals surface area contributed by atoms with E-state index >= 15 is 4.39 Å². The molecule has 3 saturated heterocycles. The monoisotopic (exact) mass is 635 g/mol. The number of halogens is 4. The van der Waals surface area contributed by atoms with Crippen molar-refractivity contribution in [3.8, 4) is 29.9 Å². The summed E-state index contributed by atoms with van der Waals surface area (Å²) in [5, 5.41) is 11.1. The van der Waals surface area contributed by atoms with E-state index in [1.807, 2.05) is 0 Å². The minimum atomic E-state index is -1.11. The molecule has 4 aliphatic heterocycles. The van der Waals surface area contributed by atoms with Crippen molar-refractivity contribution in [3.63, 3.8) is 0 Å². The third-order valence-electron chi connectivity index (χ3n) is 9.60. The molecule has 0 amide bonds. The fourth-order valence-corrected chi connectivity index (χ4v) is 7.55. The van der Waals surface area contributed by atoms with Crippen molar-refractivity contribution in [2.75, 3.05) is 37.7 Å². The third kappa shape index (κ3) is 5.11. The Kier molecular flexibility index (Phi) is 7.75. The van der Waals surface area contributed by atoms with Gasteiger partial charge in [0, 0.05) is 43.4 Å². The molecule has 46 heavy (non-hydrogen) atoms. The van der Waals surface area contributed by atoms with Crippen LogP contribution in [-0.4, -0.2) is 83.5 Å². The molecule has 1 unspecified atom stereocenters. The smallest absolute Gasteiger partial charge is 0.319 e. The van der Waals surface area contributed by atoms with Crippen molar-refractivity contribution in [2.45, 2.75) is 62.4 Å². The molecule has 1 aromatic heterocycles. The third-order valence-corrected chi connectivity index (χ3v) is 9.60. The topological polar surface area (TPSA) is 83.3 Å². The van der Waals surface area contributed by atoms with Crippen LogP contribution in [0.1, 0.15) is 55.3 Å². The Hall–Kier alpha value is -4.37. The summed E-state index contributed by atoms with van der Waals surface area (Å²) < 4.78 is 73.0. The number of terminal acetylenes is 1. The average molecular weight is 636 g/mol. The van der Waals surface area contributed by atoms with E-state index in [-0.39, 0.29) is 90.6 Å². The summed E-state index contributed by atoms with van der Waals surface area (Å²) in [6.07, 6.45) is 7.43. The van der Waals surface area contributed by atoms with Crippen LogP contribution < -0.4 is 14.4 Å². The van der Waals surface area contributed by atoms with Crippen molar-refractivity contribution in [2.24, 2.45) is 4.99 Å². The van der Waals surface area contributed by atoms with E-state index in [4.69, 9.17) is 15.9 Å². The molecule has 240 valence electrons. The summed E-state index contributed by atoms with van der Waals surface area (Å²) in [6, 6.07) is 5.03. The van der Waals surface area contributed by atoms with Gasteiger partial charge in [-0.3, -0.25) is 9.89 Å². The number of alkyl halides is 2. The van der Waals surface area contributed by atoms with E-state index < -0.39 is 29.5 Å². The number of aromatic nitrogens is 2. The molecule has 7 rings (SSSR count). The summed E-state index contributed by atoms with van der Waals surface area (Å²) >= 11 is 0. The number of phenols is 1. The van der Waals surface area contributed by atoms with Crippen LogP contribution in [0.5, 0.6) is 17.5 Å². The summed E-state index contributed by atoms with van der Waals surface area (Å²) in [5.41, 5.74) is -1.62. The largest absolute Gasteiger partial charge is 0.508 e. The Morgan fingerprint density at radius 2 is 1.96 bits per heavy atom. The Labute approximate surface area is 263 Å². The van der Waals surface area contributed by atoms with Crippen LogP contribution in [-0.2, 0) is 0 Å². The van der Waals surface area contributed by atoms with Crippen molar-refractivity contribution in [3.05, 3.63) is 46.9 Å². The van der Waals surface area contributed by atoms with Gasteiger partial charge in [0.25, 0.3) is 0 Å². The molecule has 12 heteroatoms. The Balaban J connectivity index is 1.38. The van der Waals surface area contributed by atoms with Crippen LogP contribution in [0, 0.1) is 18.2 Å². The van der Waals surface area contributed by atoms with Crippen LogP contribution in [0.4, 0.5) is 23.4 Å². The van der Waals surface area contributed by atoms with Gasteiger partial charge in [0.15, 0.2) is 23.1 Å². The molecule has 0 aliphatic carbocycles. The number of ether oxygens (including phenoxy) is 2. The van der Waals surface area contributed by atoms with Gasteiger partial charge in [-0.25, -0.2) is 17.6 Å². The number of nitrogens with zero attached hydrogens (tertiary/aromatic N) is 5. The lowest BCUT2D eigenvalue weighted by Gasteiger charge is -2.37. The molecule has 0 saturated carbocycles. The SMILES string of the molecule is C#Cc1c(F)ccc2cc(O)cc(/C(N=C)=C(\F)c3nc(OCC45C[C@H](F)CN4C[C@H](F)C5)nc4c3OC[C@@H]3CCCCCN43)c12. The van der Waals surface area contributed by atoms with Gasteiger partial charge in [0.1, 0.15) is 42.8 Å². The molecule has 3 aromatic rings. The van der Waals surface area contributed by atoms with E-state index in [1.54, 1.807) is 4.90 Å². The van der Waals surface area contributed by atoms with Crippen molar-refractivity contribution < 1.29 is 32.1 Å². The molecular formula is C34H33F4N5O3. The van der Waals surface area contributed by atoms with E-state index in [2.05, 4.69) is 32.5 Å². The number of hydrogen-bond donors (Lipinski definition) is 1. The van der Waals surface area contributed by atoms with Crippen LogP contribution in [0.25, 0.3) is 22.3 Å². The summed E-state index contributed by atoms with van der Waals surface area (Å²) in [5.74, 6) is 0.826. The highest BCUT2D eigenvalue weighted by Crippen LogP contribution is 2.46. The minimum Gasteiger partial charge on any atom is -0.508 e. The van der Waals surface area contributed by atoms with Crippen LogP contribution in [0.15, 0.2) is 29.3 Å². The van der Waals surface area contributed by atoms with Crippen LogP contribution in [0.3, 0.4) is 0 Å². The normalized spacial score (nSPS) is 26.3. The van der Waals surface area contributed by atoms with Gasteiger partial charge in [0.05, 0.1) is 17.1 Å². The zero-order valence-corrected chi connectivity index (χ0v) is 25.1. The molecule has 8 nitrogen and oxygen atoms in total. The van der Waals surface area contributed by atoms with Crippen LogP contribution >= 0.6 is 0 Å². The highest BCUT2D eigenvalue weighted by Gasteiger charge is 2.53. The highest BCUT2D eigenvalue weighted by molar-refractivity contribution is 6.03. The number of hydrogen-bond acceptors (Lipinski definition) is 8. The van der Waals surface area contributed by atoms with Gasteiger partial charge in [-0.2, -0.15) is 9.97 Å². The molecule has 2 aromatic carbocycles. The maximum atomic E-state index is 17.0. The molecule has 3 fully saturated rings. The lowest BCUT2D eigenvalue weighted by Crippen LogP contribution is -2.44. The number of aliphatic imine (C=N–C) groups is 1. The minimum absolute atomic E-state index is 0.00246. The number of phenolic OH excluding ortho intramolecular Hbond substituents is 1. The van der Waals surface area contributed by atoms with E-state index in [9.17, 15) is 18.3 Å². The van der Waals surface area contributed by atoms with Gasteiger partial charge in [-0.1, -0.05) is 24.8 Å². The Bertz CT molecular complexity index is 1780. The van der Waals surface area contributed by atoms with E-state index in [0.29, 0.717) is 17.7 Å². The van der Waals surface area contributed by atoms with E-state index in [0.717, 1.165) is 25.7 Å². The van der Waals surface area contributed by atoms with Crippen molar-refractivity contribution in [1.29, 1.82) is 0 Å². The Morgan fingerprint density at radius 1 is 1.17 bits per heavy atom. The lowest BCUT2D eigenvalue weighted by molar-refractivity contribution is 0.106. The summed E-state index contributed by atoms with van der Waals surface area (Å²) in [4.78, 5) is 16.9. The molecule has 0 radical (unpaired) electrons. The average Bonchev–Trinajstić information content (AvgIpc) is 3.36. The molecule has 0 spiro atoms. The summed E-state index contributed by atoms with van der Waals surface area (Å²) in [7, 11) is 0. The fourth-order valence-electron chi connectivity index (χ4n) is 7.55. The molecule has 4 aliphatic rings. The second kappa shape index (κ2) is 11.8. The standard InChI is InChI=1S/C34H33F4N5O3/c1-3-24-26(37)9-8-19-11-23(44)12-25(27(19)24)29(39-2)28(38)30-31-32(43-10-6-4-5-7-22(43)17-45-31)41-33(40-30)46-18-34-13-20(35)15-42(34)16-21(36)14-34/h1,8-9,11-12,20-22,44H,2,4-7,10,13-18H2/b29-28+/t20-,21+,22-,34?/m0/s1. The van der Waals surface area contributed by atoms with Gasteiger partial charge in [0.2, 0.25) is 0 Å². The summed E-state index contributed by atoms with van der Waals surface area (Å²) in [6.45, 7) is 4.66. The first-order valence-corrected chi connectivity index (χ1v) is 15.5. The van der Waals surface area contributed by atoms with E-state index in [1.165, 1.54) is 24.3 Å². The van der Waals surface area contributed by atoms with Gasteiger partial charge in [-0.05, 0) is 43.1 Å². The van der Waals surface area contributed by atoms with Crippen molar-refractivity contribution >= 4 is 34.8 Å². The predicted octanol–water partition coefficient (Wildman–Crippen LogP) is 6.00. The quantitative estimate of drug-likeness (QED) is 0.202. The predicted molar refractivity (Wildman–Crippen MR) is 167 cm³/mol. The molecule has 0 bridgehead atoms. The molecule has 1 N–H and O–H groups in total. The zero-order chi connectivity index (χ0) is 32.2. The van der Waals surface area contributed by atoms with Crippen LogP contribution in [0.2, 0.25) is 0 Å². The number of fused-ring (bicyclic) bond motifs is 5. The highest BCUT2D eigenvalue weighted by atomic mass is 19.1. The number of aromatic hydroxyl groups is 1. The van der Waals surface area contributed by atoms with Crippen molar-refractivity contribution in [1.82, 2.24) is 14.9 Å². The number of benzene rings is 2.